The van der Waals surface area contributed by atoms with Crippen LogP contribution in [0.25, 0.3) is 0 Å². The second kappa shape index (κ2) is 3.52. The van der Waals surface area contributed by atoms with Gasteiger partial charge in [0.2, 0.25) is 0 Å². The number of aromatic nitrogens is 2. The lowest BCUT2D eigenvalue weighted by molar-refractivity contribution is 0.676. The Morgan fingerprint density at radius 2 is 1.75 bits per heavy atom. The minimum absolute atomic E-state index is 1.10. The Kier molecular flexibility index (Phi) is 2.21. The van der Waals surface area contributed by atoms with Gasteiger partial charge in [-0.25, -0.2) is 9.97 Å². The fourth-order valence-electron chi connectivity index (χ4n) is 1.46. The molecule has 1 saturated heterocycles. The molecular formula is C9H12N3. The van der Waals surface area contributed by atoms with Gasteiger partial charge in [0, 0.05) is 13.1 Å². The minimum atomic E-state index is 1.10. The fraction of sp³-hybridized carbons (Fsp3) is 0.444. The number of anilines is 1. The molecule has 1 radical (unpaired) electrons. The van der Waals surface area contributed by atoms with Crippen LogP contribution in [0.5, 0.6) is 0 Å². The van der Waals surface area contributed by atoms with Gasteiger partial charge < -0.3 is 4.90 Å². The van der Waals surface area contributed by atoms with Gasteiger partial charge in [-0.2, -0.15) is 0 Å². The molecule has 0 aliphatic carbocycles. The maximum absolute atomic E-state index is 4.00. The summed E-state index contributed by atoms with van der Waals surface area (Å²) in [7, 11) is 0. The molecule has 1 aliphatic heterocycles. The third-order valence-electron chi connectivity index (χ3n) is 2.12. The molecule has 0 aromatic carbocycles. The zero-order valence-electron chi connectivity index (χ0n) is 6.98. The van der Waals surface area contributed by atoms with Gasteiger partial charge in [0.05, 0.1) is 18.1 Å². The van der Waals surface area contributed by atoms with Crippen molar-refractivity contribution >= 4 is 5.69 Å². The first-order chi connectivity index (χ1) is 5.97. The van der Waals surface area contributed by atoms with Gasteiger partial charge in [-0.05, 0) is 19.3 Å². The molecular weight excluding hydrogens is 150 g/mol. The van der Waals surface area contributed by atoms with Crippen molar-refractivity contribution in [2.45, 2.75) is 12.8 Å². The van der Waals surface area contributed by atoms with E-state index in [0.29, 0.717) is 0 Å². The van der Waals surface area contributed by atoms with Gasteiger partial charge >= 0.3 is 0 Å². The summed E-state index contributed by atoms with van der Waals surface area (Å²) in [6.45, 7) is 2.21. The molecule has 0 N–H and O–H groups in total. The lowest BCUT2D eigenvalue weighted by Crippen LogP contribution is -2.29. The normalized spacial score (nSPS) is 17.8. The van der Waals surface area contributed by atoms with Gasteiger partial charge in [-0.1, -0.05) is 0 Å². The van der Waals surface area contributed by atoms with Crippen molar-refractivity contribution in [3.05, 3.63) is 25.1 Å². The zero-order chi connectivity index (χ0) is 8.23. The molecule has 3 heteroatoms. The van der Waals surface area contributed by atoms with Crippen LogP contribution in [-0.4, -0.2) is 23.1 Å². The van der Waals surface area contributed by atoms with Crippen LogP contribution in [0, 0.1) is 6.42 Å². The largest absolute Gasteiger partial charge is 0.369 e. The standard InChI is InChI=1S/C9H12N3/c1-2-4-12(5-3-1)9-6-10-8-11-7-9/h1,6-8H,2-5H2. The van der Waals surface area contributed by atoms with Crippen LogP contribution >= 0.6 is 0 Å². The van der Waals surface area contributed by atoms with E-state index in [4.69, 9.17) is 0 Å². The summed E-state index contributed by atoms with van der Waals surface area (Å²) in [5.74, 6) is 0. The van der Waals surface area contributed by atoms with Crippen molar-refractivity contribution in [2.75, 3.05) is 18.0 Å². The Balaban J connectivity index is 2.08. The minimum Gasteiger partial charge on any atom is -0.369 e. The highest BCUT2D eigenvalue weighted by atomic mass is 15.1. The summed E-state index contributed by atoms with van der Waals surface area (Å²) in [6.07, 6.45) is 10.0. The Bertz CT molecular complexity index is 229. The number of piperidine rings is 1. The molecule has 0 bridgehead atoms. The van der Waals surface area contributed by atoms with Crippen LogP contribution in [0.2, 0.25) is 0 Å². The average Bonchev–Trinajstić information content (AvgIpc) is 2.21. The first-order valence-electron chi connectivity index (χ1n) is 4.28. The monoisotopic (exact) mass is 162 g/mol. The molecule has 1 fully saturated rings. The molecule has 0 unspecified atom stereocenters. The Labute approximate surface area is 72.4 Å². The van der Waals surface area contributed by atoms with E-state index in [0.717, 1.165) is 18.8 Å². The third-order valence-corrected chi connectivity index (χ3v) is 2.12. The molecule has 63 valence electrons. The van der Waals surface area contributed by atoms with E-state index in [1.807, 2.05) is 12.4 Å². The third kappa shape index (κ3) is 1.55. The molecule has 12 heavy (non-hydrogen) atoms. The van der Waals surface area contributed by atoms with E-state index in [9.17, 15) is 0 Å². The summed E-state index contributed by atoms with van der Waals surface area (Å²) in [5, 5.41) is 0. The maximum atomic E-state index is 4.00. The van der Waals surface area contributed by atoms with Crippen LogP contribution in [0.4, 0.5) is 5.69 Å². The second-order valence-corrected chi connectivity index (χ2v) is 2.95. The highest BCUT2D eigenvalue weighted by Gasteiger charge is 2.10. The van der Waals surface area contributed by atoms with Crippen LogP contribution in [0.3, 0.4) is 0 Å². The summed E-state index contributed by atoms with van der Waals surface area (Å²) in [5.41, 5.74) is 1.14. The number of rotatable bonds is 1. The van der Waals surface area contributed by atoms with Crippen molar-refractivity contribution in [3.8, 4) is 0 Å². The molecule has 1 aromatic heterocycles. The summed E-state index contributed by atoms with van der Waals surface area (Å²) in [6, 6.07) is 0. The van der Waals surface area contributed by atoms with E-state index >= 15 is 0 Å². The van der Waals surface area contributed by atoms with E-state index in [1.54, 1.807) is 6.33 Å². The fourth-order valence-corrected chi connectivity index (χ4v) is 1.46. The molecule has 1 aliphatic rings. The van der Waals surface area contributed by atoms with Crippen LogP contribution in [0.1, 0.15) is 12.8 Å². The number of hydrogen-bond donors (Lipinski definition) is 0. The quantitative estimate of drug-likeness (QED) is 0.623. The summed E-state index contributed by atoms with van der Waals surface area (Å²) in [4.78, 5) is 10.3. The molecule has 0 atom stereocenters. The summed E-state index contributed by atoms with van der Waals surface area (Å²) >= 11 is 0. The van der Waals surface area contributed by atoms with E-state index in [2.05, 4.69) is 21.3 Å². The smallest absolute Gasteiger partial charge is 0.115 e. The van der Waals surface area contributed by atoms with Crippen molar-refractivity contribution in [3.63, 3.8) is 0 Å². The first kappa shape index (κ1) is 7.53. The van der Waals surface area contributed by atoms with Crippen LogP contribution in [0.15, 0.2) is 18.7 Å². The Morgan fingerprint density at radius 3 is 2.42 bits per heavy atom. The van der Waals surface area contributed by atoms with Crippen molar-refractivity contribution in [1.29, 1.82) is 0 Å². The Hall–Kier alpha value is -1.12. The van der Waals surface area contributed by atoms with Gasteiger partial charge in [0.25, 0.3) is 0 Å². The molecule has 1 aromatic rings. The molecule has 0 saturated carbocycles. The Morgan fingerprint density at radius 1 is 1.08 bits per heavy atom. The molecule has 3 nitrogen and oxygen atoms in total. The van der Waals surface area contributed by atoms with Gasteiger partial charge in [-0.15, -0.1) is 0 Å². The van der Waals surface area contributed by atoms with E-state index in [-0.39, 0.29) is 0 Å². The van der Waals surface area contributed by atoms with E-state index < -0.39 is 0 Å². The predicted octanol–water partition coefficient (Wildman–Crippen LogP) is 1.28. The lowest BCUT2D eigenvalue weighted by Gasteiger charge is -2.27. The van der Waals surface area contributed by atoms with Gasteiger partial charge in [0.15, 0.2) is 0 Å². The molecule has 2 rings (SSSR count). The molecule has 0 spiro atoms. The highest BCUT2D eigenvalue weighted by molar-refractivity contribution is 5.41. The van der Waals surface area contributed by atoms with Crippen LogP contribution in [-0.2, 0) is 0 Å². The van der Waals surface area contributed by atoms with Crippen LogP contribution < -0.4 is 4.90 Å². The average molecular weight is 162 g/mol. The number of nitrogens with zero attached hydrogens (tertiary/aromatic N) is 3. The van der Waals surface area contributed by atoms with Gasteiger partial charge in [-0.3, -0.25) is 0 Å². The zero-order valence-corrected chi connectivity index (χ0v) is 6.98. The van der Waals surface area contributed by atoms with Crippen molar-refractivity contribution < 1.29 is 0 Å². The molecule has 0 amide bonds. The maximum Gasteiger partial charge on any atom is 0.115 e. The second-order valence-electron chi connectivity index (χ2n) is 2.95. The van der Waals surface area contributed by atoms with Gasteiger partial charge in [0.1, 0.15) is 6.33 Å². The predicted molar refractivity (Wildman–Crippen MR) is 47.8 cm³/mol. The molecule has 2 heterocycles. The van der Waals surface area contributed by atoms with Crippen molar-refractivity contribution in [2.24, 2.45) is 0 Å². The van der Waals surface area contributed by atoms with E-state index in [1.165, 1.54) is 12.8 Å². The topological polar surface area (TPSA) is 29.0 Å². The SMILES string of the molecule is [CH]1CCN(c2cncnc2)CC1. The summed E-state index contributed by atoms with van der Waals surface area (Å²) < 4.78 is 0. The lowest BCUT2D eigenvalue weighted by atomic mass is 10.1. The highest BCUT2D eigenvalue weighted by Crippen LogP contribution is 2.16. The number of hydrogen-bond acceptors (Lipinski definition) is 3. The first-order valence-corrected chi connectivity index (χ1v) is 4.28. The van der Waals surface area contributed by atoms with Crippen molar-refractivity contribution in [1.82, 2.24) is 9.97 Å².